The molecular formula is C16H27N3. The van der Waals surface area contributed by atoms with E-state index in [1.165, 1.54) is 44.5 Å². The molecule has 0 spiro atoms. The summed E-state index contributed by atoms with van der Waals surface area (Å²) in [4.78, 5) is 6.57. The van der Waals surface area contributed by atoms with Gasteiger partial charge in [-0.3, -0.25) is 4.98 Å². The number of nitrogens with one attached hydrogen (secondary N) is 1. The van der Waals surface area contributed by atoms with E-state index in [1.54, 1.807) is 0 Å². The third-order valence-corrected chi connectivity index (χ3v) is 4.25. The van der Waals surface area contributed by atoms with Gasteiger partial charge in [0.1, 0.15) is 0 Å². The Labute approximate surface area is 117 Å². The van der Waals surface area contributed by atoms with Crippen molar-refractivity contribution in [3.63, 3.8) is 0 Å². The summed E-state index contributed by atoms with van der Waals surface area (Å²) in [7, 11) is 2.26. The molecule has 1 unspecified atom stereocenters. The highest BCUT2D eigenvalue weighted by molar-refractivity contribution is 5.09. The summed E-state index contributed by atoms with van der Waals surface area (Å²) in [5.74, 6) is 0. The smallest absolute Gasteiger partial charge is 0.0270 e. The molecule has 0 aliphatic carbocycles. The maximum atomic E-state index is 4.07. The van der Waals surface area contributed by atoms with Crippen LogP contribution in [0.2, 0.25) is 0 Å². The third-order valence-electron chi connectivity index (χ3n) is 4.25. The lowest BCUT2D eigenvalue weighted by molar-refractivity contribution is 0.179. The van der Waals surface area contributed by atoms with E-state index in [2.05, 4.69) is 41.3 Å². The molecule has 1 aromatic heterocycles. The van der Waals surface area contributed by atoms with E-state index in [4.69, 9.17) is 0 Å². The highest BCUT2D eigenvalue weighted by Crippen LogP contribution is 2.31. The number of aromatic nitrogens is 1. The van der Waals surface area contributed by atoms with E-state index < -0.39 is 0 Å². The lowest BCUT2D eigenvalue weighted by Crippen LogP contribution is -2.38. The van der Waals surface area contributed by atoms with Crippen LogP contribution in [0, 0.1) is 5.41 Å². The molecular weight excluding hydrogens is 234 g/mol. The quantitative estimate of drug-likeness (QED) is 0.816. The van der Waals surface area contributed by atoms with Gasteiger partial charge in [0, 0.05) is 32.0 Å². The minimum absolute atomic E-state index is 0.516. The average molecular weight is 261 g/mol. The molecule has 106 valence electrons. The molecule has 1 N–H and O–H groups in total. The Morgan fingerprint density at radius 2 is 2.16 bits per heavy atom. The minimum atomic E-state index is 0.516. The van der Waals surface area contributed by atoms with Gasteiger partial charge in [0.2, 0.25) is 0 Å². The summed E-state index contributed by atoms with van der Waals surface area (Å²) >= 11 is 0. The van der Waals surface area contributed by atoms with Crippen LogP contribution in [0.4, 0.5) is 0 Å². The Hall–Kier alpha value is -0.930. The highest BCUT2D eigenvalue weighted by atomic mass is 15.1. The molecule has 0 aromatic carbocycles. The predicted molar refractivity (Wildman–Crippen MR) is 80.3 cm³/mol. The fourth-order valence-electron chi connectivity index (χ4n) is 3.27. The van der Waals surface area contributed by atoms with Crippen molar-refractivity contribution >= 4 is 0 Å². The molecule has 0 bridgehead atoms. The molecule has 1 aliphatic heterocycles. The molecule has 2 heterocycles. The van der Waals surface area contributed by atoms with Crippen molar-refractivity contribution in [2.75, 3.05) is 33.2 Å². The van der Waals surface area contributed by atoms with Crippen molar-refractivity contribution in [1.82, 2.24) is 15.2 Å². The first kappa shape index (κ1) is 14.5. The Balaban J connectivity index is 1.81. The normalized spacial score (nSPS) is 23.1. The zero-order chi connectivity index (χ0) is 13.6. The van der Waals surface area contributed by atoms with Crippen LogP contribution < -0.4 is 5.32 Å². The monoisotopic (exact) mass is 261 g/mol. The Morgan fingerprint density at radius 1 is 1.37 bits per heavy atom. The molecule has 3 nitrogen and oxygen atoms in total. The van der Waals surface area contributed by atoms with E-state index in [9.17, 15) is 0 Å². The van der Waals surface area contributed by atoms with Crippen LogP contribution in [0.3, 0.4) is 0 Å². The molecule has 1 fully saturated rings. The van der Waals surface area contributed by atoms with Crippen molar-refractivity contribution in [2.24, 2.45) is 5.41 Å². The first-order valence-corrected chi connectivity index (χ1v) is 7.52. The zero-order valence-electron chi connectivity index (χ0n) is 12.4. The molecule has 0 saturated carbocycles. The molecule has 1 atom stereocenters. The molecule has 19 heavy (non-hydrogen) atoms. The summed E-state index contributed by atoms with van der Waals surface area (Å²) < 4.78 is 0. The van der Waals surface area contributed by atoms with Crippen LogP contribution >= 0.6 is 0 Å². The molecule has 1 aliphatic rings. The lowest BCUT2D eigenvalue weighted by atomic mass is 9.82. The van der Waals surface area contributed by atoms with Crippen molar-refractivity contribution < 1.29 is 0 Å². The van der Waals surface area contributed by atoms with Gasteiger partial charge in [-0.05, 0) is 56.0 Å². The van der Waals surface area contributed by atoms with E-state index in [0.29, 0.717) is 5.41 Å². The molecule has 0 amide bonds. The number of hydrogen-bond acceptors (Lipinski definition) is 3. The van der Waals surface area contributed by atoms with Crippen LogP contribution in [-0.4, -0.2) is 43.1 Å². The molecule has 0 radical (unpaired) electrons. The first-order chi connectivity index (χ1) is 9.24. The number of pyridine rings is 1. The second-order valence-corrected chi connectivity index (χ2v) is 6.02. The summed E-state index contributed by atoms with van der Waals surface area (Å²) in [5, 5.41) is 3.54. The number of rotatable bonds is 7. The zero-order valence-corrected chi connectivity index (χ0v) is 12.4. The van der Waals surface area contributed by atoms with Crippen LogP contribution in [0.15, 0.2) is 24.5 Å². The van der Waals surface area contributed by atoms with Gasteiger partial charge in [-0.2, -0.15) is 0 Å². The van der Waals surface area contributed by atoms with Gasteiger partial charge in [0.05, 0.1) is 0 Å². The molecule has 1 aromatic rings. The largest absolute Gasteiger partial charge is 0.316 e. The maximum absolute atomic E-state index is 4.07. The summed E-state index contributed by atoms with van der Waals surface area (Å²) in [5.41, 5.74) is 1.90. The lowest BCUT2D eigenvalue weighted by Gasteiger charge is -2.33. The standard InChI is InChI=1S/C16H27N3/c1-3-7-16(8-11-18-13-16)14-19(2)12-6-15-4-9-17-10-5-15/h4-5,9-10,18H,3,6-8,11-14H2,1-2H3. The number of likely N-dealkylation sites (N-methyl/N-ethyl adjacent to an activating group) is 1. The van der Waals surface area contributed by atoms with Gasteiger partial charge in [0.25, 0.3) is 0 Å². The van der Waals surface area contributed by atoms with Crippen LogP contribution in [0.25, 0.3) is 0 Å². The number of nitrogens with zero attached hydrogens (tertiary/aromatic N) is 2. The Bertz CT molecular complexity index is 358. The van der Waals surface area contributed by atoms with Gasteiger partial charge in [-0.1, -0.05) is 13.3 Å². The van der Waals surface area contributed by atoms with Crippen LogP contribution in [-0.2, 0) is 6.42 Å². The van der Waals surface area contributed by atoms with E-state index >= 15 is 0 Å². The topological polar surface area (TPSA) is 28.2 Å². The molecule has 3 heteroatoms. The van der Waals surface area contributed by atoms with Crippen molar-refractivity contribution in [3.05, 3.63) is 30.1 Å². The fourth-order valence-corrected chi connectivity index (χ4v) is 3.27. The highest BCUT2D eigenvalue weighted by Gasteiger charge is 2.33. The SMILES string of the molecule is CCCC1(CN(C)CCc2ccncc2)CCNC1. The average Bonchev–Trinajstić information content (AvgIpc) is 2.86. The van der Waals surface area contributed by atoms with E-state index in [-0.39, 0.29) is 0 Å². The predicted octanol–water partition coefficient (Wildman–Crippen LogP) is 2.34. The second kappa shape index (κ2) is 7.01. The van der Waals surface area contributed by atoms with Crippen molar-refractivity contribution in [3.8, 4) is 0 Å². The van der Waals surface area contributed by atoms with Gasteiger partial charge in [-0.25, -0.2) is 0 Å². The van der Waals surface area contributed by atoms with Gasteiger partial charge >= 0.3 is 0 Å². The van der Waals surface area contributed by atoms with Crippen LogP contribution in [0.1, 0.15) is 31.7 Å². The Morgan fingerprint density at radius 3 is 2.79 bits per heavy atom. The summed E-state index contributed by atoms with van der Waals surface area (Å²) in [6.45, 7) is 7.05. The van der Waals surface area contributed by atoms with E-state index in [0.717, 1.165) is 13.0 Å². The van der Waals surface area contributed by atoms with Crippen LogP contribution in [0.5, 0.6) is 0 Å². The summed E-state index contributed by atoms with van der Waals surface area (Å²) in [6, 6.07) is 4.24. The minimum Gasteiger partial charge on any atom is -0.316 e. The van der Waals surface area contributed by atoms with Crippen molar-refractivity contribution in [1.29, 1.82) is 0 Å². The van der Waals surface area contributed by atoms with Gasteiger partial charge in [0.15, 0.2) is 0 Å². The van der Waals surface area contributed by atoms with Gasteiger partial charge in [-0.15, -0.1) is 0 Å². The summed E-state index contributed by atoms with van der Waals surface area (Å²) in [6.07, 6.45) is 8.86. The fraction of sp³-hybridized carbons (Fsp3) is 0.688. The third kappa shape index (κ3) is 4.29. The van der Waals surface area contributed by atoms with Crippen molar-refractivity contribution in [2.45, 2.75) is 32.6 Å². The maximum Gasteiger partial charge on any atom is 0.0270 e. The van der Waals surface area contributed by atoms with Gasteiger partial charge < -0.3 is 10.2 Å². The molecule has 1 saturated heterocycles. The Kier molecular flexibility index (Phi) is 5.34. The molecule has 2 rings (SSSR count). The first-order valence-electron chi connectivity index (χ1n) is 7.52. The van der Waals surface area contributed by atoms with E-state index in [1.807, 2.05) is 12.4 Å². The second-order valence-electron chi connectivity index (χ2n) is 6.02. The number of hydrogen-bond donors (Lipinski definition) is 1.